The van der Waals surface area contributed by atoms with E-state index in [2.05, 4.69) is 6.58 Å². The van der Waals surface area contributed by atoms with E-state index in [0.29, 0.717) is 0 Å². The predicted molar refractivity (Wildman–Crippen MR) is 55.6 cm³/mol. The number of carbonyl (C=O) groups is 1. The predicted octanol–water partition coefficient (Wildman–Crippen LogP) is 4.12. The summed E-state index contributed by atoms with van der Waals surface area (Å²) < 4.78 is 37.1. The van der Waals surface area contributed by atoms with Gasteiger partial charge in [0.05, 0.1) is 10.6 Å². The number of hydrogen-bond acceptors (Lipinski definition) is 1. The summed E-state index contributed by atoms with van der Waals surface area (Å²) in [7, 11) is 0. The van der Waals surface area contributed by atoms with Gasteiger partial charge >= 0.3 is 6.18 Å². The first kappa shape index (κ1) is 12.8. The van der Waals surface area contributed by atoms with Gasteiger partial charge in [-0.3, -0.25) is 4.79 Å². The first-order valence-electron chi connectivity index (χ1n) is 4.30. The van der Waals surface area contributed by atoms with Crippen molar-refractivity contribution in [2.45, 2.75) is 13.1 Å². The molecule has 0 unspecified atom stereocenters. The van der Waals surface area contributed by atoms with Gasteiger partial charge in [-0.15, -0.1) is 0 Å². The lowest BCUT2D eigenvalue weighted by Gasteiger charge is -2.09. The number of alkyl halides is 3. The molecule has 0 N–H and O–H groups in total. The highest BCUT2D eigenvalue weighted by Gasteiger charge is 2.33. The zero-order chi connectivity index (χ0) is 12.5. The number of allylic oxidation sites excluding steroid dienone is 1. The van der Waals surface area contributed by atoms with Crippen LogP contribution < -0.4 is 0 Å². The second-order valence-electron chi connectivity index (χ2n) is 3.30. The van der Waals surface area contributed by atoms with Crippen molar-refractivity contribution in [2.24, 2.45) is 0 Å². The Balaban J connectivity index is 3.19. The average molecular weight is 249 g/mol. The van der Waals surface area contributed by atoms with E-state index >= 15 is 0 Å². The molecule has 0 heterocycles. The third-order valence-electron chi connectivity index (χ3n) is 1.92. The van der Waals surface area contributed by atoms with Gasteiger partial charge in [0.2, 0.25) is 0 Å². The summed E-state index contributed by atoms with van der Waals surface area (Å²) in [6.45, 7) is 4.90. The molecule has 16 heavy (non-hydrogen) atoms. The molecule has 0 bridgehead atoms. The largest absolute Gasteiger partial charge is 0.417 e. The van der Waals surface area contributed by atoms with E-state index in [1.54, 1.807) is 0 Å². The molecule has 1 nitrogen and oxygen atoms in total. The van der Waals surface area contributed by atoms with Crippen LogP contribution in [0.2, 0.25) is 5.02 Å². The molecule has 0 saturated heterocycles. The lowest BCUT2D eigenvalue weighted by Crippen LogP contribution is -2.07. The second kappa shape index (κ2) is 4.29. The first-order chi connectivity index (χ1) is 7.23. The standard InChI is InChI=1S/C11H8ClF3O/c1-6(2)10(16)7-3-4-8(9(12)5-7)11(13,14)15/h3-5H,1H2,2H3. The SMILES string of the molecule is C=C(C)C(=O)c1ccc(C(F)(F)F)c(Cl)c1. The van der Waals surface area contributed by atoms with Crippen LogP contribution in [-0.2, 0) is 6.18 Å². The highest BCUT2D eigenvalue weighted by atomic mass is 35.5. The fraction of sp³-hybridized carbons (Fsp3) is 0.182. The normalized spacial score (nSPS) is 11.3. The molecule has 0 amide bonds. The molecule has 5 heteroatoms. The van der Waals surface area contributed by atoms with Crippen molar-refractivity contribution in [1.29, 1.82) is 0 Å². The summed E-state index contributed by atoms with van der Waals surface area (Å²) in [5.74, 6) is -0.421. The van der Waals surface area contributed by atoms with E-state index in [1.165, 1.54) is 6.92 Å². The number of Topliss-reactive ketones (excluding diaryl/α,β-unsaturated/α-hetero) is 1. The van der Waals surface area contributed by atoms with E-state index in [0.717, 1.165) is 18.2 Å². The highest BCUT2D eigenvalue weighted by Crippen LogP contribution is 2.35. The molecule has 0 fully saturated rings. The van der Waals surface area contributed by atoms with E-state index in [1.807, 2.05) is 0 Å². The van der Waals surface area contributed by atoms with Gasteiger partial charge in [0.1, 0.15) is 0 Å². The summed E-state index contributed by atoms with van der Waals surface area (Å²) in [5.41, 5.74) is -0.603. The molecular weight excluding hydrogens is 241 g/mol. The van der Waals surface area contributed by atoms with Crippen LogP contribution >= 0.6 is 11.6 Å². The van der Waals surface area contributed by atoms with Gasteiger partial charge < -0.3 is 0 Å². The zero-order valence-electron chi connectivity index (χ0n) is 8.36. The molecule has 0 radical (unpaired) electrons. The molecule has 1 aromatic carbocycles. The summed E-state index contributed by atoms with van der Waals surface area (Å²) in [4.78, 5) is 11.4. The Bertz CT molecular complexity index is 449. The van der Waals surface area contributed by atoms with Crippen LogP contribution in [0, 0.1) is 0 Å². The van der Waals surface area contributed by atoms with E-state index < -0.39 is 22.5 Å². The monoisotopic (exact) mass is 248 g/mol. The average Bonchev–Trinajstić information content (AvgIpc) is 2.14. The van der Waals surface area contributed by atoms with Gasteiger partial charge in [-0.25, -0.2) is 0 Å². The fourth-order valence-electron chi connectivity index (χ4n) is 1.13. The lowest BCUT2D eigenvalue weighted by molar-refractivity contribution is -0.137. The maximum Gasteiger partial charge on any atom is 0.417 e. The summed E-state index contributed by atoms with van der Waals surface area (Å²) in [5, 5.41) is -0.486. The molecule has 1 rings (SSSR count). The van der Waals surface area contributed by atoms with Crippen molar-refractivity contribution < 1.29 is 18.0 Å². The van der Waals surface area contributed by atoms with E-state index in [9.17, 15) is 18.0 Å². The third-order valence-corrected chi connectivity index (χ3v) is 2.24. The van der Waals surface area contributed by atoms with E-state index in [4.69, 9.17) is 11.6 Å². The van der Waals surface area contributed by atoms with Crippen LogP contribution in [0.4, 0.5) is 13.2 Å². The molecule has 1 aromatic rings. The summed E-state index contributed by atoms with van der Waals surface area (Å²) in [6, 6.07) is 2.88. The number of rotatable bonds is 2. The quantitative estimate of drug-likeness (QED) is 0.568. The molecule has 0 atom stereocenters. The van der Waals surface area contributed by atoms with Crippen molar-refractivity contribution in [3.05, 3.63) is 46.5 Å². The van der Waals surface area contributed by atoms with Crippen molar-refractivity contribution in [3.8, 4) is 0 Å². The maximum absolute atomic E-state index is 12.4. The van der Waals surface area contributed by atoms with Gasteiger partial charge in [0, 0.05) is 5.56 Å². The van der Waals surface area contributed by atoms with Gasteiger partial charge in [0.15, 0.2) is 5.78 Å². The van der Waals surface area contributed by atoms with Crippen LogP contribution in [0.5, 0.6) is 0 Å². The van der Waals surface area contributed by atoms with Crippen LogP contribution in [-0.4, -0.2) is 5.78 Å². The Morgan fingerprint density at radius 1 is 1.38 bits per heavy atom. The van der Waals surface area contributed by atoms with Crippen molar-refractivity contribution >= 4 is 17.4 Å². The molecule has 0 aliphatic rings. The molecule has 0 spiro atoms. The minimum atomic E-state index is -4.51. The summed E-state index contributed by atoms with van der Waals surface area (Å²) >= 11 is 5.46. The number of hydrogen-bond donors (Lipinski definition) is 0. The Labute approximate surface area is 95.5 Å². The van der Waals surface area contributed by atoms with Crippen molar-refractivity contribution in [2.75, 3.05) is 0 Å². The smallest absolute Gasteiger partial charge is 0.289 e. The minimum absolute atomic E-state index is 0.102. The Morgan fingerprint density at radius 3 is 2.31 bits per heavy atom. The second-order valence-corrected chi connectivity index (χ2v) is 3.71. The van der Waals surface area contributed by atoms with Crippen molar-refractivity contribution in [1.82, 2.24) is 0 Å². The highest BCUT2D eigenvalue weighted by molar-refractivity contribution is 6.32. The number of ketones is 1. The topological polar surface area (TPSA) is 17.1 Å². The molecule has 0 saturated carbocycles. The van der Waals surface area contributed by atoms with Gasteiger partial charge in [-0.1, -0.05) is 24.2 Å². The van der Waals surface area contributed by atoms with Crippen LogP contribution in [0.3, 0.4) is 0 Å². The van der Waals surface area contributed by atoms with E-state index in [-0.39, 0.29) is 11.1 Å². The van der Waals surface area contributed by atoms with Crippen LogP contribution in [0.25, 0.3) is 0 Å². The maximum atomic E-state index is 12.4. The number of carbonyl (C=O) groups excluding carboxylic acids is 1. The molecule has 0 aliphatic heterocycles. The van der Waals surface area contributed by atoms with Crippen molar-refractivity contribution in [3.63, 3.8) is 0 Å². The third kappa shape index (κ3) is 2.64. The minimum Gasteiger partial charge on any atom is -0.289 e. The zero-order valence-corrected chi connectivity index (χ0v) is 9.12. The van der Waals surface area contributed by atoms with Crippen LogP contribution in [0.1, 0.15) is 22.8 Å². The Morgan fingerprint density at radius 2 is 1.94 bits per heavy atom. The fourth-order valence-corrected chi connectivity index (χ4v) is 1.42. The molecule has 0 aromatic heterocycles. The molecular formula is C11H8ClF3O. The van der Waals surface area contributed by atoms with Gasteiger partial charge in [0.25, 0.3) is 0 Å². The lowest BCUT2D eigenvalue weighted by atomic mass is 10.0. The Kier molecular flexibility index (Phi) is 3.43. The molecule has 0 aliphatic carbocycles. The first-order valence-corrected chi connectivity index (χ1v) is 4.68. The summed E-state index contributed by atoms with van der Waals surface area (Å²) in [6.07, 6.45) is -4.51. The van der Waals surface area contributed by atoms with Gasteiger partial charge in [-0.05, 0) is 24.6 Å². The van der Waals surface area contributed by atoms with Gasteiger partial charge in [-0.2, -0.15) is 13.2 Å². The number of halogens is 4. The number of benzene rings is 1. The Hall–Kier alpha value is -1.29. The van der Waals surface area contributed by atoms with Crippen LogP contribution in [0.15, 0.2) is 30.4 Å². The molecule has 86 valence electrons.